The van der Waals surface area contributed by atoms with Crippen molar-refractivity contribution in [3.63, 3.8) is 0 Å². The molecule has 0 aliphatic rings. The summed E-state index contributed by atoms with van der Waals surface area (Å²) in [4.78, 5) is 26.6. The average molecular weight is 353 g/mol. The number of hydrogen-bond donors (Lipinski definition) is 3. The van der Waals surface area contributed by atoms with Gasteiger partial charge >= 0.3 is 6.03 Å². The van der Waals surface area contributed by atoms with E-state index in [1.165, 1.54) is 6.07 Å². The lowest BCUT2D eigenvalue weighted by Gasteiger charge is -2.21. The van der Waals surface area contributed by atoms with Crippen LogP contribution in [-0.2, 0) is 0 Å². The first-order chi connectivity index (χ1) is 12.4. The third-order valence-corrected chi connectivity index (χ3v) is 4.38. The van der Waals surface area contributed by atoms with Crippen molar-refractivity contribution in [3.8, 4) is 11.3 Å². The molecule has 1 atom stereocenters. The highest BCUT2D eigenvalue weighted by Crippen LogP contribution is 2.25. The fourth-order valence-corrected chi connectivity index (χ4v) is 3.06. The van der Waals surface area contributed by atoms with Crippen LogP contribution in [0.2, 0.25) is 0 Å². The van der Waals surface area contributed by atoms with E-state index < -0.39 is 12.1 Å². The zero-order valence-electron chi connectivity index (χ0n) is 14.5. The van der Waals surface area contributed by atoms with Gasteiger partial charge in [0.25, 0.3) is 5.56 Å². The number of aromatic nitrogens is 1. The Balaban J connectivity index is 2.03. The van der Waals surface area contributed by atoms with E-state index in [1.54, 1.807) is 24.3 Å². The number of nitrogens with one attached hydrogen (secondary N) is 2. The van der Waals surface area contributed by atoms with Crippen molar-refractivity contribution >= 4 is 16.8 Å². The van der Waals surface area contributed by atoms with Gasteiger partial charge in [-0.25, -0.2) is 9.18 Å². The van der Waals surface area contributed by atoms with Crippen molar-refractivity contribution in [2.45, 2.75) is 19.9 Å². The summed E-state index contributed by atoms with van der Waals surface area (Å²) < 4.78 is 14.0. The predicted molar refractivity (Wildman–Crippen MR) is 100 cm³/mol. The van der Waals surface area contributed by atoms with Gasteiger partial charge < -0.3 is 16.0 Å². The molecule has 0 aliphatic heterocycles. The van der Waals surface area contributed by atoms with E-state index in [0.717, 1.165) is 5.39 Å². The maximum Gasteiger partial charge on any atom is 0.312 e. The summed E-state index contributed by atoms with van der Waals surface area (Å²) in [6.07, 6.45) is 0. The van der Waals surface area contributed by atoms with Crippen LogP contribution in [-0.4, -0.2) is 11.0 Å². The molecule has 3 rings (SSSR count). The number of fused-ring (bicyclic) bond motifs is 1. The molecule has 1 aromatic heterocycles. The van der Waals surface area contributed by atoms with Crippen molar-refractivity contribution in [2.24, 2.45) is 11.7 Å². The van der Waals surface area contributed by atoms with Crippen LogP contribution in [0.15, 0.2) is 53.3 Å². The molecule has 1 unspecified atom stereocenters. The molecule has 0 spiro atoms. The molecule has 6 heteroatoms. The van der Waals surface area contributed by atoms with Gasteiger partial charge in [-0.05, 0) is 41.1 Å². The van der Waals surface area contributed by atoms with Crippen LogP contribution >= 0.6 is 0 Å². The van der Waals surface area contributed by atoms with Gasteiger partial charge in [-0.2, -0.15) is 0 Å². The molecular formula is C20H20FN3O2. The molecule has 26 heavy (non-hydrogen) atoms. The normalized spacial score (nSPS) is 12.3. The zero-order valence-corrected chi connectivity index (χ0v) is 14.5. The minimum atomic E-state index is -0.683. The summed E-state index contributed by atoms with van der Waals surface area (Å²) in [7, 11) is 0. The summed E-state index contributed by atoms with van der Waals surface area (Å²) in [5.74, 6) is -0.321. The third kappa shape index (κ3) is 3.44. The molecule has 2 aromatic carbocycles. The summed E-state index contributed by atoms with van der Waals surface area (Å²) in [6, 6.07) is 12.5. The third-order valence-electron chi connectivity index (χ3n) is 4.38. The maximum absolute atomic E-state index is 14.0. The van der Waals surface area contributed by atoms with Gasteiger partial charge in [0.1, 0.15) is 5.82 Å². The van der Waals surface area contributed by atoms with Crippen LogP contribution in [0.25, 0.3) is 22.0 Å². The van der Waals surface area contributed by atoms with E-state index >= 15 is 0 Å². The molecule has 0 bridgehead atoms. The van der Waals surface area contributed by atoms with Crippen LogP contribution in [0, 0.1) is 11.7 Å². The number of primary amides is 1. The number of H-pyrrole nitrogens is 1. The first-order valence-electron chi connectivity index (χ1n) is 8.34. The molecule has 2 amide bonds. The van der Waals surface area contributed by atoms with Crippen LogP contribution in [0.4, 0.5) is 9.18 Å². The van der Waals surface area contributed by atoms with Crippen LogP contribution in [0.1, 0.15) is 25.5 Å². The highest BCUT2D eigenvalue weighted by Gasteiger charge is 2.20. The van der Waals surface area contributed by atoms with E-state index in [0.29, 0.717) is 22.2 Å². The van der Waals surface area contributed by atoms with Crippen LogP contribution in [0.5, 0.6) is 0 Å². The van der Waals surface area contributed by atoms with Crippen molar-refractivity contribution in [1.29, 1.82) is 0 Å². The standard InChI is InChI=1S/C20H20FN3O2/c1-11(2)18(24-20(22)26)14-8-9-17(23-19(14)25)13-7-6-12-4-3-5-16(21)15(12)10-13/h3-11,18H,1-2H3,(H,23,25)(H3,22,24,26). The number of aromatic amines is 1. The molecule has 4 N–H and O–H groups in total. The number of urea groups is 1. The highest BCUT2D eigenvalue weighted by atomic mass is 19.1. The van der Waals surface area contributed by atoms with Gasteiger partial charge in [0, 0.05) is 16.6 Å². The minimum absolute atomic E-state index is 0.00999. The summed E-state index contributed by atoms with van der Waals surface area (Å²) in [6.45, 7) is 3.78. The second-order valence-corrected chi connectivity index (χ2v) is 6.56. The molecular weight excluding hydrogens is 333 g/mol. The van der Waals surface area contributed by atoms with E-state index in [1.807, 2.05) is 32.0 Å². The maximum atomic E-state index is 14.0. The minimum Gasteiger partial charge on any atom is -0.352 e. The number of nitrogens with two attached hydrogens (primary N) is 1. The van der Waals surface area contributed by atoms with Gasteiger partial charge in [-0.3, -0.25) is 4.79 Å². The lowest BCUT2D eigenvalue weighted by atomic mass is 9.96. The zero-order chi connectivity index (χ0) is 18.8. The van der Waals surface area contributed by atoms with Gasteiger partial charge in [-0.15, -0.1) is 0 Å². The first kappa shape index (κ1) is 17.7. The lowest BCUT2D eigenvalue weighted by molar-refractivity contribution is 0.241. The van der Waals surface area contributed by atoms with Gasteiger partial charge in [0.05, 0.1) is 6.04 Å². The number of rotatable bonds is 4. The molecule has 5 nitrogen and oxygen atoms in total. The fraction of sp³-hybridized carbons (Fsp3) is 0.200. The number of halogens is 1. The van der Waals surface area contributed by atoms with E-state index in [4.69, 9.17) is 5.73 Å². The predicted octanol–water partition coefficient (Wildman–Crippen LogP) is 3.70. The quantitative estimate of drug-likeness (QED) is 0.668. The summed E-state index contributed by atoms with van der Waals surface area (Å²) in [5.41, 5.74) is 6.60. The Morgan fingerprint density at radius 1 is 1.15 bits per heavy atom. The topological polar surface area (TPSA) is 88.0 Å². The molecule has 0 aliphatic carbocycles. The molecule has 134 valence electrons. The smallest absolute Gasteiger partial charge is 0.312 e. The van der Waals surface area contributed by atoms with Crippen molar-refractivity contribution in [3.05, 3.63) is 70.3 Å². The molecule has 0 saturated carbocycles. The average Bonchev–Trinajstić information content (AvgIpc) is 2.60. The van der Waals surface area contributed by atoms with Crippen molar-refractivity contribution in [2.75, 3.05) is 0 Å². The Morgan fingerprint density at radius 2 is 1.92 bits per heavy atom. The molecule has 0 fully saturated rings. The monoisotopic (exact) mass is 353 g/mol. The Bertz CT molecular complexity index is 1030. The Kier molecular flexibility index (Phi) is 4.75. The first-order valence-corrected chi connectivity index (χ1v) is 8.34. The van der Waals surface area contributed by atoms with Gasteiger partial charge in [0.2, 0.25) is 0 Å². The SMILES string of the molecule is CC(C)C(NC(N)=O)c1ccc(-c2ccc3cccc(F)c3c2)[nH]c1=O. The summed E-state index contributed by atoms with van der Waals surface area (Å²) >= 11 is 0. The van der Waals surface area contributed by atoms with Crippen molar-refractivity contribution < 1.29 is 9.18 Å². The van der Waals surface area contributed by atoms with Gasteiger partial charge in [0.15, 0.2) is 0 Å². The van der Waals surface area contributed by atoms with E-state index in [-0.39, 0.29) is 17.3 Å². The van der Waals surface area contributed by atoms with Gasteiger partial charge in [-0.1, -0.05) is 38.1 Å². The number of carbonyl (C=O) groups excluding carboxylic acids is 1. The number of amides is 2. The largest absolute Gasteiger partial charge is 0.352 e. The molecule has 1 heterocycles. The molecule has 0 radical (unpaired) electrons. The van der Waals surface area contributed by atoms with E-state index in [9.17, 15) is 14.0 Å². The van der Waals surface area contributed by atoms with Crippen molar-refractivity contribution in [1.82, 2.24) is 10.3 Å². The molecule has 3 aromatic rings. The van der Waals surface area contributed by atoms with E-state index in [2.05, 4.69) is 10.3 Å². The Hall–Kier alpha value is -3.15. The number of carbonyl (C=O) groups is 1. The highest BCUT2D eigenvalue weighted by molar-refractivity contribution is 5.87. The number of benzene rings is 2. The second-order valence-electron chi connectivity index (χ2n) is 6.56. The summed E-state index contributed by atoms with van der Waals surface area (Å²) in [5, 5.41) is 3.88. The lowest BCUT2D eigenvalue weighted by Crippen LogP contribution is -2.38. The Morgan fingerprint density at radius 3 is 2.58 bits per heavy atom. The fourth-order valence-electron chi connectivity index (χ4n) is 3.06. The van der Waals surface area contributed by atoms with Crippen LogP contribution in [0.3, 0.4) is 0 Å². The Labute approximate surface area is 150 Å². The molecule has 0 saturated heterocycles. The number of pyridine rings is 1. The second kappa shape index (κ2) is 7.00. The number of hydrogen-bond acceptors (Lipinski definition) is 2. The van der Waals surface area contributed by atoms with Crippen LogP contribution < -0.4 is 16.6 Å².